The number of fused-ring (bicyclic) bond motifs is 1. The van der Waals surface area contributed by atoms with E-state index in [1.807, 2.05) is 6.07 Å². The molecule has 0 aromatic carbocycles. The van der Waals surface area contributed by atoms with Gasteiger partial charge in [-0.15, -0.1) is 0 Å². The molecule has 112 valence electrons. The summed E-state index contributed by atoms with van der Waals surface area (Å²) in [5, 5.41) is 0. The minimum absolute atomic E-state index is 0.209. The van der Waals surface area contributed by atoms with Crippen LogP contribution in [0, 0.1) is 0 Å². The maximum Gasteiger partial charge on any atom is 0.410 e. The molecule has 1 aromatic rings. The maximum atomic E-state index is 12.1. The Labute approximate surface area is 130 Å². The van der Waals surface area contributed by atoms with Gasteiger partial charge in [0.15, 0.2) is 0 Å². The highest BCUT2D eigenvalue weighted by Gasteiger charge is 2.22. The van der Waals surface area contributed by atoms with Crippen molar-refractivity contribution in [2.75, 3.05) is 37.7 Å². The third kappa shape index (κ3) is 4.38. The topological polar surface area (TPSA) is 42.4 Å². The predicted molar refractivity (Wildman–Crippen MR) is 87.6 cm³/mol. The van der Waals surface area contributed by atoms with E-state index >= 15 is 0 Å². The summed E-state index contributed by atoms with van der Waals surface area (Å²) in [5.41, 5.74) is 2.18. The van der Waals surface area contributed by atoms with E-state index in [0.717, 1.165) is 27.9 Å². The zero-order valence-electron chi connectivity index (χ0n) is 12.2. The molecule has 6 heteroatoms. The zero-order valence-corrected chi connectivity index (χ0v) is 14.6. The van der Waals surface area contributed by atoms with E-state index in [-0.39, 0.29) is 6.09 Å². The fourth-order valence-electron chi connectivity index (χ4n) is 2.02. The first kappa shape index (κ1) is 15.6. The monoisotopic (exact) mass is 360 g/mol. The molecular weight excluding hydrogens is 340 g/mol. The van der Waals surface area contributed by atoms with Crippen LogP contribution in [-0.4, -0.2) is 53.6 Å². The van der Waals surface area contributed by atoms with Crippen molar-refractivity contribution in [1.82, 2.24) is 9.88 Å². The Morgan fingerprint density at radius 1 is 1.50 bits per heavy atom. The summed E-state index contributed by atoms with van der Waals surface area (Å²) in [4.78, 5) is 18.2. The van der Waals surface area contributed by atoms with Crippen molar-refractivity contribution in [1.29, 1.82) is 0 Å². The van der Waals surface area contributed by atoms with Gasteiger partial charge in [-0.3, -0.25) is 4.98 Å². The molecule has 0 aliphatic carbocycles. The molecule has 0 bridgehead atoms. The van der Waals surface area contributed by atoms with Crippen LogP contribution < -0.4 is 0 Å². The molecule has 0 spiro atoms. The van der Waals surface area contributed by atoms with Gasteiger partial charge in [-0.05, 0) is 46.3 Å². The molecule has 0 radical (unpaired) electrons. The first-order valence-corrected chi connectivity index (χ1v) is 10.4. The van der Waals surface area contributed by atoms with Gasteiger partial charge in [-0.2, -0.15) is 0 Å². The van der Waals surface area contributed by atoms with Crippen molar-refractivity contribution in [2.24, 2.45) is 0 Å². The quantitative estimate of drug-likeness (QED) is 0.831. The zero-order chi connectivity index (χ0) is 14.8. The third-order valence-corrected chi connectivity index (χ3v) is 5.01. The number of pyridine rings is 1. The number of nitrogens with zero attached hydrogens (tertiary/aromatic N) is 2. The van der Waals surface area contributed by atoms with E-state index in [4.69, 9.17) is 4.74 Å². The number of rotatable bonds is 3. The van der Waals surface area contributed by atoms with E-state index in [0.29, 0.717) is 19.7 Å². The summed E-state index contributed by atoms with van der Waals surface area (Å²) >= 11 is 3.42. The van der Waals surface area contributed by atoms with E-state index in [2.05, 4.69) is 39.7 Å². The second-order valence-electron chi connectivity index (χ2n) is 5.84. The van der Waals surface area contributed by atoms with Crippen molar-refractivity contribution < 1.29 is 9.53 Å². The molecule has 1 aromatic heterocycles. The molecule has 1 aliphatic rings. The highest BCUT2D eigenvalue weighted by molar-refractivity contribution is 9.10. The van der Waals surface area contributed by atoms with Crippen LogP contribution in [0.1, 0.15) is 11.3 Å². The lowest BCUT2D eigenvalue weighted by atomic mass is 10.1. The molecule has 0 saturated heterocycles. The Kier molecular flexibility index (Phi) is 4.96. The number of carbonyl (C=O) groups excluding carboxylic acids is 1. The van der Waals surface area contributed by atoms with Gasteiger partial charge in [-0.1, -0.05) is 0 Å². The Bertz CT molecular complexity index is 502. The fraction of sp³-hybridized carbons (Fsp3) is 0.571. The van der Waals surface area contributed by atoms with Crippen molar-refractivity contribution in [3.8, 4) is 0 Å². The minimum Gasteiger partial charge on any atom is -0.449 e. The van der Waals surface area contributed by atoms with Crippen LogP contribution in [0.4, 0.5) is 4.79 Å². The number of ether oxygens (including phenoxy) is 1. The SMILES string of the molecule is CS(C)(C)CCOC(=O)N1CCc2ncc(Br)cc2C1. The van der Waals surface area contributed by atoms with E-state index in [9.17, 15) is 4.79 Å². The van der Waals surface area contributed by atoms with E-state index in [1.54, 1.807) is 11.1 Å². The summed E-state index contributed by atoms with van der Waals surface area (Å²) in [6.07, 6.45) is 9.06. The van der Waals surface area contributed by atoms with Crippen molar-refractivity contribution in [2.45, 2.75) is 13.0 Å². The number of hydrogen-bond donors (Lipinski definition) is 0. The minimum atomic E-state index is -0.617. The van der Waals surface area contributed by atoms with Gasteiger partial charge in [0.25, 0.3) is 0 Å². The second kappa shape index (κ2) is 6.35. The average Bonchev–Trinajstić information content (AvgIpc) is 2.36. The lowest BCUT2D eigenvalue weighted by molar-refractivity contribution is 0.103. The summed E-state index contributed by atoms with van der Waals surface area (Å²) in [6, 6.07) is 2.03. The molecule has 0 fully saturated rings. The molecule has 2 rings (SSSR count). The molecule has 1 amide bonds. The number of amides is 1. The number of hydrogen-bond acceptors (Lipinski definition) is 3. The van der Waals surface area contributed by atoms with Crippen LogP contribution >= 0.6 is 26.0 Å². The van der Waals surface area contributed by atoms with Gasteiger partial charge in [0, 0.05) is 35.1 Å². The van der Waals surface area contributed by atoms with Gasteiger partial charge < -0.3 is 9.64 Å². The first-order chi connectivity index (χ1) is 9.35. The largest absolute Gasteiger partial charge is 0.449 e. The van der Waals surface area contributed by atoms with Crippen LogP contribution in [0.25, 0.3) is 0 Å². The molecule has 1 aliphatic heterocycles. The Balaban J connectivity index is 1.90. The number of halogens is 1. The van der Waals surface area contributed by atoms with Crippen LogP contribution in [0.2, 0.25) is 0 Å². The molecule has 0 unspecified atom stereocenters. The molecule has 0 saturated carbocycles. The van der Waals surface area contributed by atoms with Gasteiger partial charge in [0.05, 0.1) is 6.54 Å². The Hall–Kier alpha value is -0.750. The van der Waals surface area contributed by atoms with Crippen LogP contribution in [0.15, 0.2) is 16.7 Å². The summed E-state index contributed by atoms with van der Waals surface area (Å²) in [5.74, 6) is 0.955. The van der Waals surface area contributed by atoms with Gasteiger partial charge in [-0.25, -0.2) is 14.8 Å². The van der Waals surface area contributed by atoms with Gasteiger partial charge in [0.2, 0.25) is 0 Å². The predicted octanol–water partition coefficient (Wildman–Crippen LogP) is 3.03. The molecule has 20 heavy (non-hydrogen) atoms. The van der Waals surface area contributed by atoms with Gasteiger partial charge >= 0.3 is 6.09 Å². The van der Waals surface area contributed by atoms with Crippen LogP contribution in [-0.2, 0) is 17.7 Å². The maximum absolute atomic E-state index is 12.1. The molecule has 0 atom stereocenters. The summed E-state index contributed by atoms with van der Waals surface area (Å²) in [7, 11) is -0.617. The second-order valence-corrected chi connectivity index (χ2v) is 11.3. The molecule has 4 nitrogen and oxygen atoms in total. The van der Waals surface area contributed by atoms with Crippen molar-refractivity contribution >= 4 is 32.1 Å². The third-order valence-electron chi connectivity index (χ3n) is 3.19. The van der Waals surface area contributed by atoms with E-state index in [1.165, 1.54) is 0 Å². The lowest BCUT2D eigenvalue weighted by Gasteiger charge is -2.29. The fourth-order valence-corrected chi connectivity index (χ4v) is 2.99. The molecule has 0 N–H and O–H groups in total. The Morgan fingerprint density at radius 3 is 2.95 bits per heavy atom. The summed E-state index contributed by atoms with van der Waals surface area (Å²) in [6.45, 7) is 1.78. The normalized spacial score (nSPS) is 15.7. The van der Waals surface area contributed by atoms with Crippen LogP contribution in [0.5, 0.6) is 0 Å². The molecule has 2 heterocycles. The first-order valence-electron chi connectivity index (χ1n) is 6.56. The number of aromatic nitrogens is 1. The van der Waals surface area contributed by atoms with Gasteiger partial charge in [0.1, 0.15) is 6.61 Å². The highest BCUT2D eigenvalue weighted by atomic mass is 79.9. The smallest absolute Gasteiger partial charge is 0.410 e. The Morgan fingerprint density at radius 2 is 2.25 bits per heavy atom. The van der Waals surface area contributed by atoms with Crippen LogP contribution in [0.3, 0.4) is 0 Å². The molecular formula is C14H21BrN2O2S. The highest BCUT2D eigenvalue weighted by Crippen LogP contribution is 2.33. The standard InChI is InChI=1S/C14H21BrN2O2S/c1-20(2,3)7-6-19-14(18)17-5-4-13-11(10-17)8-12(15)9-16-13/h8-9H,4-7,10H2,1-3H3. The van der Waals surface area contributed by atoms with E-state index < -0.39 is 10.0 Å². The average molecular weight is 361 g/mol. The number of carbonyl (C=O) groups is 1. The summed E-state index contributed by atoms with van der Waals surface area (Å²) < 4.78 is 6.33. The van der Waals surface area contributed by atoms with Crippen molar-refractivity contribution in [3.05, 3.63) is 28.0 Å². The lowest BCUT2D eigenvalue weighted by Crippen LogP contribution is -2.37. The van der Waals surface area contributed by atoms with Crippen molar-refractivity contribution in [3.63, 3.8) is 0 Å².